The molecule has 114 valence electrons. The van der Waals surface area contributed by atoms with Crippen molar-refractivity contribution in [2.24, 2.45) is 11.3 Å². The Morgan fingerprint density at radius 3 is 2.86 bits per heavy atom. The number of nitrogens with one attached hydrogen (secondary N) is 1. The Hall–Kier alpha value is -0.930. The normalized spacial score (nSPS) is 26.4. The molecule has 1 aromatic carbocycles. The number of ether oxygens (including phenoxy) is 2. The van der Waals surface area contributed by atoms with Crippen molar-refractivity contribution in [3.05, 3.63) is 22.7 Å². The van der Waals surface area contributed by atoms with Gasteiger partial charge in [-0.05, 0) is 68.8 Å². The van der Waals surface area contributed by atoms with Gasteiger partial charge >= 0.3 is 0 Å². The van der Waals surface area contributed by atoms with Gasteiger partial charge in [0.25, 0.3) is 0 Å². The van der Waals surface area contributed by atoms with Gasteiger partial charge in [0.15, 0.2) is 11.5 Å². The molecule has 3 nitrogen and oxygen atoms in total. The lowest BCUT2D eigenvalue weighted by molar-refractivity contribution is 0.197. The van der Waals surface area contributed by atoms with Gasteiger partial charge in [-0.1, -0.05) is 11.6 Å². The Bertz CT molecular complexity index is 536. The van der Waals surface area contributed by atoms with Crippen LogP contribution in [0.25, 0.3) is 0 Å². The van der Waals surface area contributed by atoms with Gasteiger partial charge in [-0.2, -0.15) is 0 Å². The predicted octanol–water partition coefficient (Wildman–Crippen LogP) is 3.43. The van der Waals surface area contributed by atoms with Crippen LogP contribution in [0.1, 0.15) is 31.2 Å². The van der Waals surface area contributed by atoms with Crippen LogP contribution in [-0.4, -0.2) is 26.3 Å². The van der Waals surface area contributed by atoms with Crippen molar-refractivity contribution in [1.82, 2.24) is 5.32 Å². The lowest BCUT2D eigenvalue weighted by Crippen LogP contribution is -2.30. The van der Waals surface area contributed by atoms with E-state index in [1.807, 2.05) is 0 Å². The smallest absolute Gasteiger partial charge is 0.179 e. The van der Waals surface area contributed by atoms with Crippen molar-refractivity contribution >= 4 is 11.6 Å². The van der Waals surface area contributed by atoms with Crippen LogP contribution < -0.4 is 14.8 Å². The van der Waals surface area contributed by atoms with Gasteiger partial charge in [0.1, 0.15) is 0 Å². The minimum atomic E-state index is 0.260. The van der Waals surface area contributed by atoms with Crippen LogP contribution in [-0.2, 0) is 6.42 Å². The Kier molecular flexibility index (Phi) is 3.50. The van der Waals surface area contributed by atoms with Crippen LogP contribution in [0.5, 0.6) is 11.5 Å². The first-order valence-corrected chi connectivity index (χ1v) is 8.41. The molecule has 4 heteroatoms. The van der Waals surface area contributed by atoms with E-state index in [1.54, 1.807) is 0 Å². The van der Waals surface area contributed by atoms with Gasteiger partial charge < -0.3 is 14.8 Å². The van der Waals surface area contributed by atoms with E-state index in [2.05, 4.69) is 17.4 Å². The molecule has 0 bridgehead atoms. The predicted molar refractivity (Wildman–Crippen MR) is 83.4 cm³/mol. The molecule has 2 aliphatic heterocycles. The number of hydrogen-bond acceptors (Lipinski definition) is 3. The molecule has 1 aliphatic carbocycles. The second-order valence-corrected chi connectivity index (χ2v) is 7.31. The molecule has 3 aliphatic rings. The number of rotatable bonds is 2. The van der Waals surface area contributed by atoms with Crippen LogP contribution in [0.3, 0.4) is 0 Å². The minimum absolute atomic E-state index is 0.260. The van der Waals surface area contributed by atoms with Crippen LogP contribution in [0, 0.1) is 11.3 Å². The van der Waals surface area contributed by atoms with E-state index in [0.717, 1.165) is 44.2 Å². The third-order valence-electron chi connectivity index (χ3n) is 5.01. The topological polar surface area (TPSA) is 30.5 Å². The van der Waals surface area contributed by atoms with E-state index in [9.17, 15) is 0 Å². The maximum absolute atomic E-state index is 6.43. The van der Waals surface area contributed by atoms with Crippen LogP contribution >= 0.6 is 11.6 Å². The molecule has 2 heterocycles. The van der Waals surface area contributed by atoms with Gasteiger partial charge in [-0.3, -0.25) is 0 Å². The van der Waals surface area contributed by atoms with Gasteiger partial charge in [-0.15, -0.1) is 0 Å². The standard InChI is InChI=1S/C17H22ClNO2/c18-14-7-13(6-12-2-1-5-19-9-12)8-15-16(14)21-11-17(3-4-17)10-20-15/h7-8,12,19H,1-6,9-11H2. The molecule has 1 unspecified atom stereocenters. The maximum Gasteiger partial charge on any atom is 0.179 e. The SMILES string of the molecule is Clc1cc(CC2CCCNC2)cc2c1OCC1(CC1)CO2. The Morgan fingerprint density at radius 2 is 2.10 bits per heavy atom. The zero-order valence-corrected chi connectivity index (χ0v) is 13.0. The molecule has 1 saturated heterocycles. The molecule has 1 saturated carbocycles. The minimum Gasteiger partial charge on any atom is -0.489 e. The molecule has 0 aromatic heterocycles. The van der Waals surface area contributed by atoms with Crippen molar-refractivity contribution in [3.63, 3.8) is 0 Å². The van der Waals surface area contributed by atoms with E-state index in [1.165, 1.54) is 31.2 Å². The van der Waals surface area contributed by atoms with Crippen LogP contribution in [0.2, 0.25) is 5.02 Å². The molecule has 0 radical (unpaired) electrons. The summed E-state index contributed by atoms with van der Waals surface area (Å²) in [5.74, 6) is 2.28. The molecule has 21 heavy (non-hydrogen) atoms. The van der Waals surface area contributed by atoms with E-state index in [0.29, 0.717) is 10.9 Å². The fourth-order valence-corrected chi connectivity index (χ4v) is 3.67. The molecule has 1 spiro atoms. The zero-order chi connectivity index (χ0) is 14.3. The summed E-state index contributed by atoms with van der Waals surface area (Å²) in [7, 11) is 0. The van der Waals surface area contributed by atoms with Crippen LogP contribution in [0.4, 0.5) is 0 Å². The number of benzene rings is 1. The number of halogens is 1. The van der Waals surface area contributed by atoms with E-state index in [4.69, 9.17) is 21.1 Å². The third-order valence-corrected chi connectivity index (χ3v) is 5.29. The van der Waals surface area contributed by atoms with E-state index in [-0.39, 0.29) is 5.41 Å². The second kappa shape index (κ2) is 5.36. The first-order valence-electron chi connectivity index (χ1n) is 8.03. The summed E-state index contributed by atoms with van der Waals surface area (Å²) in [6.45, 7) is 3.77. The first-order chi connectivity index (χ1) is 10.2. The first kappa shape index (κ1) is 13.7. The Balaban J connectivity index is 1.54. The van der Waals surface area contributed by atoms with Crippen molar-refractivity contribution in [2.75, 3.05) is 26.3 Å². The summed E-state index contributed by atoms with van der Waals surface area (Å²) >= 11 is 6.43. The average Bonchev–Trinajstić information content (AvgIpc) is 3.28. The summed E-state index contributed by atoms with van der Waals surface area (Å²) in [4.78, 5) is 0. The van der Waals surface area contributed by atoms with E-state index >= 15 is 0 Å². The highest BCUT2D eigenvalue weighted by molar-refractivity contribution is 6.32. The van der Waals surface area contributed by atoms with Gasteiger partial charge in [0, 0.05) is 5.41 Å². The molecule has 2 fully saturated rings. The summed E-state index contributed by atoms with van der Waals surface area (Å²) in [5.41, 5.74) is 1.53. The zero-order valence-electron chi connectivity index (χ0n) is 12.3. The quantitative estimate of drug-likeness (QED) is 0.908. The van der Waals surface area contributed by atoms with Crippen molar-refractivity contribution in [2.45, 2.75) is 32.1 Å². The van der Waals surface area contributed by atoms with Gasteiger partial charge in [0.2, 0.25) is 0 Å². The average molecular weight is 308 g/mol. The van der Waals surface area contributed by atoms with Crippen molar-refractivity contribution < 1.29 is 9.47 Å². The largest absolute Gasteiger partial charge is 0.489 e. The van der Waals surface area contributed by atoms with E-state index < -0.39 is 0 Å². The highest BCUT2D eigenvalue weighted by atomic mass is 35.5. The number of hydrogen-bond donors (Lipinski definition) is 1. The molecule has 1 N–H and O–H groups in total. The Morgan fingerprint density at radius 1 is 1.24 bits per heavy atom. The van der Waals surface area contributed by atoms with Gasteiger partial charge in [0.05, 0.1) is 18.2 Å². The molecule has 0 amide bonds. The maximum atomic E-state index is 6.43. The second-order valence-electron chi connectivity index (χ2n) is 6.90. The highest BCUT2D eigenvalue weighted by Gasteiger charge is 2.46. The Labute approximate surface area is 131 Å². The molecular weight excluding hydrogens is 286 g/mol. The summed E-state index contributed by atoms with van der Waals surface area (Å²) < 4.78 is 11.9. The van der Waals surface area contributed by atoms with Crippen molar-refractivity contribution in [3.8, 4) is 11.5 Å². The van der Waals surface area contributed by atoms with Gasteiger partial charge in [-0.25, -0.2) is 0 Å². The van der Waals surface area contributed by atoms with Crippen molar-refractivity contribution in [1.29, 1.82) is 0 Å². The molecule has 1 aromatic rings. The monoisotopic (exact) mass is 307 g/mol. The highest BCUT2D eigenvalue weighted by Crippen LogP contribution is 2.50. The third kappa shape index (κ3) is 2.86. The summed E-state index contributed by atoms with van der Waals surface area (Å²) in [6, 6.07) is 4.19. The number of piperidine rings is 1. The molecule has 4 rings (SSSR count). The fraction of sp³-hybridized carbons (Fsp3) is 0.647. The number of fused-ring (bicyclic) bond motifs is 1. The summed E-state index contributed by atoms with van der Waals surface area (Å²) in [6.07, 6.45) is 6.04. The summed E-state index contributed by atoms with van der Waals surface area (Å²) in [5, 5.41) is 4.17. The van der Waals surface area contributed by atoms with Crippen LogP contribution in [0.15, 0.2) is 12.1 Å². The fourth-order valence-electron chi connectivity index (χ4n) is 3.38. The lowest BCUT2D eigenvalue weighted by Gasteiger charge is -2.23. The lowest BCUT2D eigenvalue weighted by atomic mass is 9.92. The molecule has 1 atom stereocenters. The molecular formula is C17H22ClNO2.